The molecule has 2 bridgehead atoms. The number of nitrogens with zero attached hydrogens (tertiary/aromatic N) is 1. The van der Waals surface area contributed by atoms with Gasteiger partial charge >= 0.3 is 5.97 Å². The molecule has 6 heteroatoms. The Morgan fingerprint density at radius 1 is 1.00 bits per heavy atom. The summed E-state index contributed by atoms with van der Waals surface area (Å²) in [6.07, 6.45) is 4.84. The molecule has 1 saturated heterocycles. The zero-order valence-electron chi connectivity index (χ0n) is 13.5. The summed E-state index contributed by atoms with van der Waals surface area (Å²) in [6, 6.07) is 8.49. The first kappa shape index (κ1) is 15.7. The van der Waals surface area contributed by atoms with E-state index in [1.165, 1.54) is 0 Å². The molecule has 1 aliphatic heterocycles. The molecule has 4 rings (SSSR count). The van der Waals surface area contributed by atoms with Gasteiger partial charge < -0.3 is 4.74 Å². The Morgan fingerprint density at radius 2 is 1.60 bits per heavy atom. The molecule has 1 aromatic rings. The fourth-order valence-electron chi connectivity index (χ4n) is 4.15. The van der Waals surface area contributed by atoms with Crippen molar-refractivity contribution in [1.82, 2.24) is 4.90 Å². The lowest BCUT2D eigenvalue weighted by Crippen LogP contribution is -2.38. The third-order valence-electron chi connectivity index (χ3n) is 5.31. The van der Waals surface area contributed by atoms with Crippen molar-refractivity contribution in [2.75, 3.05) is 13.2 Å². The van der Waals surface area contributed by atoms with E-state index in [9.17, 15) is 19.2 Å². The predicted octanol–water partition coefficient (Wildman–Crippen LogP) is 1.22. The van der Waals surface area contributed by atoms with Gasteiger partial charge in [-0.05, 0) is 18.3 Å². The molecule has 4 atom stereocenters. The number of ketones is 1. The average Bonchev–Trinajstić information content (AvgIpc) is 3.30. The summed E-state index contributed by atoms with van der Waals surface area (Å²) in [5.41, 5.74) is 0.445. The second kappa shape index (κ2) is 5.95. The number of hydrogen-bond acceptors (Lipinski definition) is 5. The molecule has 0 N–H and O–H groups in total. The molecule has 1 aromatic carbocycles. The Balaban J connectivity index is 1.35. The maximum Gasteiger partial charge on any atom is 0.326 e. The molecule has 25 heavy (non-hydrogen) atoms. The van der Waals surface area contributed by atoms with Gasteiger partial charge in [0.25, 0.3) is 0 Å². The first-order valence-electron chi connectivity index (χ1n) is 8.33. The number of benzene rings is 1. The third-order valence-corrected chi connectivity index (χ3v) is 5.31. The summed E-state index contributed by atoms with van der Waals surface area (Å²) in [6.45, 7) is -0.828. The number of hydrogen-bond donors (Lipinski definition) is 0. The number of rotatable bonds is 5. The van der Waals surface area contributed by atoms with E-state index in [4.69, 9.17) is 4.74 Å². The normalized spacial score (nSPS) is 29.2. The maximum atomic E-state index is 12.5. The molecule has 1 saturated carbocycles. The molecule has 2 amide bonds. The SMILES string of the molecule is O=C(CN1C(=O)[C@@H]2[C@H](C1=O)[C@H]1C=C[C@@H]2C1)OCC(=O)c1ccccc1. The monoisotopic (exact) mass is 339 g/mol. The van der Waals surface area contributed by atoms with Gasteiger partial charge in [-0.1, -0.05) is 42.5 Å². The maximum absolute atomic E-state index is 12.5. The third kappa shape index (κ3) is 2.58. The highest BCUT2D eigenvalue weighted by Gasteiger charge is 2.59. The molecule has 3 aliphatic rings. The molecule has 6 nitrogen and oxygen atoms in total. The van der Waals surface area contributed by atoms with Crippen molar-refractivity contribution < 1.29 is 23.9 Å². The lowest BCUT2D eigenvalue weighted by molar-refractivity contribution is -0.152. The van der Waals surface area contributed by atoms with Crippen molar-refractivity contribution in [3.05, 3.63) is 48.0 Å². The number of imide groups is 1. The molecule has 128 valence electrons. The van der Waals surface area contributed by atoms with E-state index in [2.05, 4.69) is 0 Å². The topological polar surface area (TPSA) is 80.8 Å². The van der Waals surface area contributed by atoms with Crippen molar-refractivity contribution in [2.24, 2.45) is 23.7 Å². The van der Waals surface area contributed by atoms with E-state index in [0.29, 0.717) is 5.56 Å². The van der Waals surface area contributed by atoms with Crippen LogP contribution < -0.4 is 0 Å². The van der Waals surface area contributed by atoms with Crippen LogP contribution in [0.1, 0.15) is 16.8 Å². The molecule has 0 aromatic heterocycles. The Morgan fingerprint density at radius 3 is 2.20 bits per heavy atom. The molecule has 0 unspecified atom stereocenters. The second-order valence-corrected chi connectivity index (χ2v) is 6.71. The largest absolute Gasteiger partial charge is 0.456 e. The van der Waals surface area contributed by atoms with E-state index in [1.807, 2.05) is 12.2 Å². The quantitative estimate of drug-likeness (QED) is 0.349. The Labute approximate surface area is 144 Å². The number of likely N-dealkylation sites (tertiary alicyclic amines) is 1. The Hall–Kier alpha value is -2.76. The van der Waals surface area contributed by atoms with Crippen LogP contribution in [0.2, 0.25) is 0 Å². The highest BCUT2D eigenvalue weighted by molar-refractivity contribution is 6.08. The minimum atomic E-state index is -0.744. The molecule has 1 heterocycles. The van der Waals surface area contributed by atoms with E-state index >= 15 is 0 Å². The van der Waals surface area contributed by atoms with Crippen molar-refractivity contribution in [1.29, 1.82) is 0 Å². The molecule has 0 radical (unpaired) electrons. The van der Waals surface area contributed by atoms with Crippen LogP contribution in [0.5, 0.6) is 0 Å². The smallest absolute Gasteiger partial charge is 0.326 e. The van der Waals surface area contributed by atoms with Crippen molar-refractivity contribution in [2.45, 2.75) is 6.42 Å². The molecule has 0 spiro atoms. The van der Waals surface area contributed by atoms with Crippen LogP contribution in [0.3, 0.4) is 0 Å². The van der Waals surface area contributed by atoms with Crippen LogP contribution in [0, 0.1) is 23.7 Å². The standard InChI is InChI=1S/C19H17NO5/c21-14(11-4-2-1-3-5-11)10-25-15(22)9-20-18(23)16-12-6-7-13(8-12)17(16)19(20)24/h1-7,12-13,16-17H,8-10H2/t12-,13+,16+,17-. The van der Waals surface area contributed by atoms with Gasteiger partial charge in [0.1, 0.15) is 6.54 Å². The van der Waals surface area contributed by atoms with Crippen LogP contribution in [-0.2, 0) is 19.1 Å². The fourth-order valence-corrected chi connectivity index (χ4v) is 4.15. The number of allylic oxidation sites excluding steroid dienone is 2. The van der Waals surface area contributed by atoms with Crippen LogP contribution >= 0.6 is 0 Å². The Kier molecular flexibility index (Phi) is 3.75. The summed E-state index contributed by atoms with van der Waals surface area (Å²) >= 11 is 0. The van der Waals surface area contributed by atoms with Crippen molar-refractivity contribution >= 4 is 23.6 Å². The molecule has 2 fully saturated rings. The zero-order valence-corrected chi connectivity index (χ0v) is 13.5. The Bertz CT molecular complexity index is 754. The van der Waals surface area contributed by atoms with Gasteiger partial charge in [-0.15, -0.1) is 0 Å². The fraction of sp³-hybridized carbons (Fsp3) is 0.368. The zero-order chi connectivity index (χ0) is 17.6. The minimum Gasteiger partial charge on any atom is -0.456 e. The lowest BCUT2D eigenvalue weighted by Gasteiger charge is -2.16. The summed E-state index contributed by atoms with van der Waals surface area (Å²) in [4.78, 5) is 49.9. The van der Waals surface area contributed by atoms with Crippen LogP contribution in [0.4, 0.5) is 0 Å². The number of carbonyl (C=O) groups is 4. The summed E-state index contributed by atoms with van der Waals surface area (Å²) in [7, 11) is 0. The van der Waals surface area contributed by atoms with Crippen LogP contribution in [0.15, 0.2) is 42.5 Å². The van der Waals surface area contributed by atoms with Gasteiger partial charge in [-0.25, -0.2) is 0 Å². The molecular weight excluding hydrogens is 322 g/mol. The highest BCUT2D eigenvalue weighted by Crippen LogP contribution is 2.52. The van der Waals surface area contributed by atoms with Gasteiger partial charge in [0.2, 0.25) is 11.8 Å². The van der Waals surface area contributed by atoms with Gasteiger partial charge in [-0.3, -0.25) is 24.1 Å². The van der Waals surface area contributed by atoms with Gasteiger partial charge in [0.05, 0.1) is 11.8 Å². The van der Waals surface area contributed by atoms with Crippen LogP contribution in [-0.4, -0.2) is 41.6 Å². The minimum absolute atomic E-state index is 0.104. The predicted molar refractivity (Wildman–Crippen MR) is 86.2 cm³/mol. The van der Waals surface area contributed by atoms with Crippen molar-refractivity contribution in [3.8, 4) is 0 Å². The highest BCUT2D eigenvalue weighted by atomic mass is 16.5. The first-order chi connectivity index (χ1) is 12.1. The van der Waals surface area contributed by atoms with Crippen LogP contribution in [0.25, 0.3) is 0 Å². The second-order valence-electron chi connectivity index (χ2n) is 6.71. The lowest BCUT2D eigenvalue weighted by atomic mass is 9.85. The van der Waals surface area contributed by atoms with Gasteiger partial charge in [0.15, 0.2) is 12.4 Å². The summed E-state index contributed by atoms with van der Waals surface area (Å²) in [5, 5.41) is 0. The number of fused-ring (bicyclic) bond motifs is 5. The first-order valence-corrected chi connectivity index (χ1v) is 8.33. The number of amides is 2. The molecular formula is C19H17NO5. The van der Waals surface area contributed by atoms with E-state index in [0.717, 1.165) is 11.3 Å². The average molecular weight is 339 g/mol. The number of carbonyl (C=O) groups excluding carboxylic acids is 4. The number of esters is 1. The van der Waals surface area contributed by atoms with Crippen molar-refractivity contribution in [3.63, 3.8) is 0 Å². The molecule has 2 aliphatic carbocycles. The summed E-state index contributed by atoms with van der Waals surface area (Å²) < 4.78 is 4.96. The van der Waals surface area contributed by atoms with E-state index < -0.39 is 19.1 Å². The van der Waals surface area contributed by atoms with Gasteiger partial charge in [-0.2, -0.15) is 0 Å². The van der Waals surface area contributed by atoms with E-state index in [1.54, 1.807) is 30.3 Å². The van der Waals surface area contributed by atoms with E-state index in [-0.39, 0.29) is 41.3 Å². The number of Topliss-reactive ketones (excluding diaryl/α,β-unsaturated/α-hetero) is 1. The summed E-state index contributed by atoms with van der Waals surface area (Å²) in [5.74, 6) is -2.11. The number of ether oxygens (including phenoxy) is 1. The van der Waals surface area contributed by atoms with Gasteiger partial charge in [0, 0.05) is 5.56 Å².